The molecule has 94 valence electrons. The van der Waals surface area contributed by atoms with Gasteiger partial charge in [-0.1, -0.05) is 19.1 Å². The summed E-state index contributed by atoms with van der Waals surface area (Å²) < 4.78 is 0. The third-order valence-corrected chi connectivity index (χ3v) is 3.24. The molecule has 0 heterocycles. The van der Waals surface area contributed by atoms with Gasteiger partial charge in [0.05, 0.1) is 12.5 Å². The van der Waals surface area contributed by atoms with E-state index >= 15 is 0 Å². The molecule has 2 unspecified atom stereocenters. The highest BCUT2D eigenvalue weighted by Crippen LogP contribution is 2.28. The van der Waals surface area contributed by atoms with Gasteiger partial charge in [-0.3, -0.25) is 4.79 Å². The molecule has 0 amide bonds. The highest BCUT2D eigenvalue weighted by Gasteiger charge is 2.21. The standard InChI is InChI=1S/C14H20O3/c1-8-5-10(3)12(6-9(8)2)14(17)11(4)7-13(15)16/h5-6,11,14,17H,7H2,1-4H3,(H,15,16). The number of aliphatic carboxylic acids is 1. The smallest absolute Gasteiger partial charge is 0.303 e. The minimum Gasteiger partial charge on any atom is -0.481 e. The number of aliphatic hydroxyl groups excluding tert-OH is 1. The second-order valence-corrected chi connectivity index (χ2v) is 4.81. The van der Waals surface area contributed by atoms with Crippen LogP contribution < -0.4 is 0 Å². The first kappa shape index (κ1) is 13.7. The van der Waals surface area contributed by atoms with Crippen molar-refractivity contribution in [3.8, 4) is 0 Å². The van der Waals surface area contributed by atoms with Gasteiger partial charge in [-0.05, 0) is 48.9 Å². The van der Waals surface area contributed by atoms with Crippen molar-refractivity contribution in [1.29, 1.82) is 0 Å². The van der Waals surface area contributed by atoms with Gasteiger partial charge in [0.15, 0.2) is 0 Å². The third-order valence-electron chi connectivity index (χ3n) is 3.24. The number of hydrogen-bond acceptors (Lipinski definition) is 2. The Morgan fingerprint density at radius 2 is 1.71 bits per heavy atom. The fourth-order valence-electron chi connectivity index (χ4n) is 2.00. The van der Waals surface area contributed by atoms with Crippen LogP contribution >= 0.6 is 0 Å². The molecular formula is C14H20O3. The molecule has 1 aromatic rings. The molecule has 2 atom stereocenters. The average molecular weight is 236 g/mol. The van der Waals surface area contributed by atoms with E-state index in [0.29, 0.717) is 0 Å². The molecule has 3 nitrogen and oxygen atoms in total. The van der Waals surface area contributed by atoms with E-state index in [0.717, 1.165) is 16.7 Å². The van der Waals surface area contributed by atoms with Crippen LogP contribution in [-0.4, -0.2) is 16.2 Å². The minimum atomic E-state index is -0.877. The van der Waals surface area contributed by atoms with E-state index in [1.165, 1.54) is 5.56 Å². The molecule has 0 aliphatic rings. The van der Waals surface area contributed by atoms with Crippen LogP contribution in [0.1, 0.15) is 41.7 Å². The highest BCUT2D eigenvalue weighted by atomic mass is 16.4. The number of aryl methyl sites for hydroxylation is 3. The monoisotopic (exact) mass is 236 g/mol. The first-order valence-corrected chi connectivity index (χ1v) is 5.80. The summed E-state index contributed by atoms with van der Waals surface area (Å²) in [5.41, 5.74) is 4.15. The first-order valence-electron chi connectivity index (χ1n) is 5.80. The molecule has 0 saturated heterocycles. The molecule has 1 aromatic carbocycles. The van der Waals surface area contributed by atoms with Gasteiger partial charge in [-0.2, -0.15) is 0 Å². The van der Waals surface area contributed by atoms with Gasteiger partial charge in [0.25, 0.3) is 0 Å². The second kappa shape index (κ2) is 5.32. The summed E-state index contributed by atoms with van der Waals surface area (Å²) in [6.07, 6.45) is -0.738. The van der Waals surface area contributed by atoms with E-state index < -0.39 is 12.1 Å². The summed E-state index contributed by atoms with van der Waals surface area (Å²) >= 11 is 0. The van der Waals surface area contributed by atoms with Crippen LogP contribution in [0.2, 0.25) is 0 Å². The Labute approximate surface area is 102 Å². The number of hydrogen-bond donors (Lipinski definition) is 2. The summed E-state index contributed by atoms with van der Waals surface area (Å²) in [4.78, 5) is 10.6. The van der Waals surface area contributed by atoms with Crippen molar-refractivity contribution >= 4 is 5.97 Å². The van der Waals surface area contributed by atoms with Crippen LogP contribution in [0.5, 0.6) is 0 Å². The van der Waals surface area contributed by atoms with Gasteiger partial charge < -0.3 is 10.2 Å². The van der Waals surface area contributed by atoms with Gasteiger partial charge in [0.1, 0.15) is 0 Å². The maximum absolute atomic E-state index is 10.6. The Hall–Kier alpha value is -1.35. The number of aliphatic hydroxyl groups is 1. The van der Waals surface area contributed by atoms with Crippen LogP contribution in [0.25, 0.3) is 0 Å². The Balaban J connectivity index is 2.99. The predicted octanol–water partition coefficient (Wildman–Crippen LogP) is 2.76. The Morgan fingerprint density at radius 1 is 1.18 bits per heavy atom. The van der Waals surface area contributed by atoms with Gasteiger partial charge >= 0.3 is 5.97 Å². The van der Waals surface area contributed by atoms with Crippen molar-refractivity contribution in [3.05, 3.63) is 34.4 Å². The van der Waals surface area contributed by atoms with Crippen molar-refractivity contribution in [2.24, 2.45) is 5.92 Å². The number of rotatable bonds is 4. The fraction of sp³-hybridized carbons (Fsp3) is 0.500. The molecular weight excluding hydrogens is 216 g/mol. The number of benzene rings is 1. The Bertz CT molecular complexity index is 424. The number of carbonyl (C=O) groups is 1. The molecule has 0 bridgehead atoms. The van der Waals surface area contributed by atoms with Crippen LogP contribution in [0.15, 0.2) is 12.1 Å². The number of carboxylic acids is 1. The lowest BCUT2D eigenvalue weighted by molar-refractivity contribution is -0.139. The summed E-state index contributed by atoms with van der Waals surface area (Å²) in [7, 11) is 0. The lowest BCUT2D eigenvalue weighted by Crippen LogP contribution is -2.15. The van der Waals surface area contributed by atoms with Crippen molar-refractivity contribution in [2.75, 3.05) is 0 Å². The highest BCUT2D eigenvalue weighted by molar-refractivity contribution is 5.67. The van der Waals surface area contributed by atoms with Gasteiger partial charge in [0, 0.05) is 0 Å². The van der Waals surface area contributed by atoms with E-state index in [-0.39, 0.29) is 12.3 Å². The van der Waals surface area contributed by atoms with E-state index in [1.54, 1.807) is 6.92 Å². The fourth-order valence-corrected chi connectivity index (χ4v) is 2.00. The molecule has 0 aromatic heterocycles. The van der Waals surface area contributed by atoms with Crippen LogP contribution in [0.4, 0.5) is 0 Å². The summed E-state index contributed by atoms with van der Waals surface area (Å²) in [5, 5.41) is 18.9. The average Bonchev–Trinajstić information content (AvgIpc) is 2.21. The molecule has 0 aliphatic carbocycles. The topological polar surface area (TPSA) is 57.5 Å². The van der Waals surface area contributed by atoms with Crippen molar-refractivity contribution < 1.29 is 15.0 Å². The van der Waals surface area contributed by atoms with E-state index in [4.69, 9.17) is 5.11 Å². The van der Waals surface area contributed by atoms with Crippen LogP contribution in [-0.2, 0) is 4.79 Å². The van der Waals surface area contributed by atoms with Crippen molar-refractivity contribution in [2.45, 2.75) is 40.2 Å². The normalized spacial score (nSPS) is 14.4. The zero-order chi connectivity index (χ0) is 13.2. The largest absolute Gasteiger partial charge is 0.481 e. The van der Waals surface area contributed by atoms with Crippen LogP contribution in [0.3, 0.4) is 0 Å². The van der Waals surface area contributed by atoms with Crippen molar-refractivity contribution in [3.63, 3.8) is 0 Å². The predicted molar refractivity (Wildman–Crippen MR) is 67.0 cm³/mol. The summed E-state index contributed by atoms with van der Waals surface area (Å²) in [6, 6.07) is 3.98. The summed E-state index contributed by atoms with van der Waals surface area (Å²) in [6.45, 7) is 7.72. The van der Waals surface area contributed by atoms with Gasteiger partial charge in [0.2, 0.25) is 0 Å². The molecule has 0 spiro atoms. The Kier molecular flexibility index (Phi) is 4.29. The molecule has 17 heavy (non-hydrogen) atoms. The van der Waals surface area contributed by atoms with E-state index in [9.17, 15) is 9.90 Å². The molecule has 0 saturated carbocycles. The van der Waals surface area contributed by atoms with Gasteiger partial charge in [-0.25, -0.2) is 0 Å². The maximum atomic E-state index is 10.6. The molecule has 3 heteroatoms. The quantitative estimate of drug-likeness (QED) is 0.845. The van der Waals surface area contributed by atoms with E-state index in [2.05, 4.69) is 0 Å². The first-order chi connectivity index (χ1) is 7.82. The number of carboxylic acid groups (broad SMARTS) is 1. The third kappa shape index (κ3) is 3.30. The zero-order valence-electron chi connectivity index (χ0n) is 10.8. The molecule has 0 radical (unpaired) electrons. The lowest BCUT2D eigenvalue weighted by Gasteiger charge is -2.20. The second-order valence-electron chi connectivity index (χ2n) is 4.81. The SMILES string of the molecule is Cc1cc(C)c(C(O)C(C)CC(=O)O)cc1C. The molecule has 2 N–H and O–H groups in total. The van der Waals surface area contributed by atoms with Gasteiger partial charge in [-0.15, -0.1) is 0 Å². The molecule has 0 aliphatic heterocycles. The minimum absolute atomic E-state index is 0.0203. The van der Waals surface area contributed by atoms with E-state index in [1.807, 2.05) is 32.9 Å². The zero-order valence-corrected chi connectivity index (χ0v) is 10.8. The van der Waals surface area contributed by atoms with Crippen molar-refractivity contribution in [1.82, 2.24) is 0 Å². The Morgan fingerprint density at radius 3 is 2.24 bits per heavy atom. The maximum Gasteiger partial charge on any atom is 0.303 e. The molecule has 1 rings (SSSR count). The lowest BCUT2D eigenvalue weighted by atomic mass is 9.89. The molecule has 0 fully saturated rings. The van der Waals surface area contributed by atoms with Crippen LogP contribution in [0, 0.1) is 26.7 Å². The summed E-state index contributed by atoms with van der Waals surface area (Å²) in [5.74, 6) is -1.16.